The Hall–Kier alpha value is -6.97. The van der Waals surface area contributed by atoms with Crippen molar-refractivity contribution in [2.24, 2.45) is 0 Å². The number of hydrogen-bond acceptors (Lipinski definition) is 2. The second-order valence-corrected chi connectivity index (χ2v) is 16.1. The van der Waals surface area contributed by atoms with Gasteiger partial charge in [0.2, 0.25) is 0 Å². The van der Waals surface area contributed by atoms with Crippen LogP contribution in [0.25, 0.3) is 43.5 Å². The number of benzene rings is 7. The minimum atomic E-state index is -2.92. The highest BCUT2D eigenvalue weighted by Gasteiger charge is 2.41. The van der Waals surface area contributed by atoms with Crippen LogP contribution in [0.4, 0.5) is 5.69 Å². The summed E-state index contributed by atoms with van der Waals surface area (Å²) in [6, 6.07) is 63.1. The van der Waals surface area contributed by atoms with Gasteiger partial charge in [0.1, 0.15) is 0 Å². The Bertz CT molecular complexity index is 2580. The summed E-state index contributed by atoms with van der Waals surface area (Å²) in [5.41, 5.74) is 6.84. The molecule has 8 rings (SSSR count). The van der Waals surface area contributed by atoms with Gasteiger partial charge in [-0.1, -0.05) is 121 Å². The Kier molecular flexibility index (Phi) is 7.63. The molecule has 0 spiro atoms. The molecule has 8 aromatic rings. The molecule has 4 nitrogen and oxygen atoms in total. The lowest BCUT2D eigenvalue weighted by Crippen LogP contribution is -2.74. The summed E-state index contributed by atoms with van der Waals surface area (Å²) in [5.74, 6) is 0. The minimum Gasteiger partial charge on any atom is -0.309 e. The van der Waals surface area contributed by atoms with Crippen molar-refractivity contribution in [2.75, 3.05) is 0 Å². The Morgan fingerprint density at radius 2 is 1.06 bits per heavy atom. The first-order valence-electron chi connectivity index (χ1n) is 16.3. The van der Waals surface area contributed by atoms with Crippen molar-refractivity contribution >= 4 is 56.3 Å². The first kappa shape index (κ1) is 30.4. The van der Waals surface area contributed by atoms with Gasteiger partial charge in [0, 0.05) is 10.9 Å². The van der Waals surface area contributed by atoms with Crippen molar-refractivity contribution in [3.05, 3.63) is 192 Å². The molecule has 0 aliphatic rings. The first-order chi connectivity index (χ1) is 24.6. The number of fused-ring (bicyclic) bond motifs is 3. The van der Waals surface area contributed by atoms with Crippen LogP contribution < -0.4 is 20.7 Å². The largest absolute Gasteiger partial charge is 0.309 e. The highest BCUT2D eigenvalue weighted by atomic mass is 28.3. The quantitative estimate of drug-likeness (QED) is 0.104. The van der Waals surface area contributed by atoms with E-state index in [2.05, 4.69) is 143 Å². The van der Waals surface area contributed by atoms with Gasteiger partial charge in [-0.15, -0.1) is 0 Å². The zero-order valence-electron chi connectivity index (χ0n) is 27.0. The SMILES string of the molecule is [C-]#[N+]c1ccc2c(c1)c1cc(C#N)ccc1n2-c1ccccc1-c1cccc([Si](c2ccccc2)(c2ccccc2)c2cccc(C#N)c2)c1. The van der Waals surface area contributed by atoms with E-state index < -0.39 is 8.07 Å². The van der Waals surface area contributed by atoms with Gasteiger partial charge in [0.15, 0.2) is 13.8 Å². The van der Waals surface area contributed by atoms with Crippen molar-refractivity contribution in [1.29, 1.82) is 10.5 Å². The lowest BCUT2D eigenvalue weighted by atomic mass is 10.0. The van der Waals surface area contributed by atoms with Crippen LogP contribution in [0.1, 0.15) is 11.1 Å². The van der Waals surface area contributed by atoms with Gasteiger partial charge < -0.3 is 4.57 Å². The molecule has 0 fully saturated rings. The number of nitriles is 2. The number of aromatic nitrogens is 1. The smallest absolute Gasteiger partial charge is 0.188 e. The van der Waals surface area contributed by atoms with Crippen LogP contribution in [-0.2, 0) is 0 Å². The van der Waals surface area contributed by atoms with Gasteiger partial charge in [0.05, 0.1) is 46.6 Å². The maximum Gasteiger partial charge on any atom is 0.188 e. The summed E-state index contributed by atoms with van der Waals surface area (Å²) in [6.45, 7) is 7.66. The molecule has 1 aromatic heterocycles. The molecule has 0 aliphatic heterocycles. The van der Waals surface area contributed by atoms with Crippen LogP contribution in [0.5, 0.6) is 0 Å². The van der Waals surface area contributed by atoms with E-state index in [-0.39, 0.29) is 0 Å². The Balaban J connectivity index is 1.42. The number of hydrogen-bond donors (Lipinski definition) is 0. The lowest BCUT2D eigenvalue weighted by Gasteiger charge is -2.35. The zero-order chi connectivity index (χ0) is 34.1. The lowest BCUT2D eigenvalue weighted by molar-refractivity contribution is 1.18. The minimum absolute atomic E-state index is 0.559. The summed E-state index contributed by atoms with van der Waals surface area (Å²) in [6.07, 6.45) is 0. The van der Waals surface area contributed by atoms with Crippen LogP contribution in [0.15, 0.2) is 170 Å². The average Bonchev–Trinajstić information content (AvgIpc) is 3.52. The molecule has 0 aliphatic carbocycles. The molecule has 1 heterocycles. The Morgan fingerprint density at radius 1 is 0.500 bits per heavy atom. The highest BCUT2D eigenvalue weighted by Crippen LogP contribution is 2.38. The molecule has 0 amide bonds. The van der Waals surface area contributed by atoms with E-state index in [1.54, 1.807) is 0 Å². The Morgan fingerprint density at radius 3 is 1.74 bits per heavy atom. The molecular weight excluding hydrogens is 625 g/mol. The van der Waals surface area contributed by atoms with Crippen molar-refractivity contribution in [2.45, 2.75) is 0 Å². The highest BCUT2D eigenvalue weighted by molar-refractivity contribution is 7.19. The molecule has 0 radical (unpaired) electrons. The van der Waals surface area contributed by atoms with Crippen molar-refractivity contribution in [3.8, 4) is 29.0 Å². The van der Waals surface area contributed by atoms with Crippen molar-refractivity contribution < 1.29 is 0 Å². The maximum atomic E-state index is 10.00. The second kappa shape index (κ2) is 12.6. The van der Waals surface area contributed by atoms with Gasteiger partial charge >= 0.3 is 0 Å². The van der Waals surface area contributed by atoms with Gasteiger partial charge in [-0.2, -0.15) is 10.5 Å². The second-order valence-electron chi connectivity index (χ2n) is 12.3. The van der Waals surface area contributed by atoms with E-state index in [9.17, 15) is 10.5 Å². The summed E-state index contributed by atoms with van der Waals surface area (Å²) >= 11 is 0. The fraction of sp³-hybridized carbons (Fsp3) is 0. The number of rotatable bonds is 6. The van der Waals surface area contributed by atoms with E-state index in [0.717, 1.165) is 43.8 Å². The monoisotopic (exact) mass is 652 g/mol. The molecule has 5 heteroatoms. The maximum absolute atomic E-state index is 10.00. The van der Waals surface area contributed by atoms with E-state index in [0.29, 0.717) is 16.8 Å². The zero-order valence-corrected chi connectivity index (χ0v) is 28.0. The van der Waals surface area contributed by atoms with E-state index in [1.807, 2.05) is 48.5 Å². The molecular formula is C45H28N4Si. The molecule has 0 atom stereocenters. The van der Waals surface area contributed by atoms with Crippen molar-refractivity contribution in [3.63, 3.8) is 0 Å². The average molecular weight is 653 g/mol. The van der Waals surface area contributed by atoms with E-state index >= 15 is 0 Å². The third kappa shape index (κ3) is 4.88. The van der Waals surface area contributed by atoms with Crippen LogP contribution in [0, 0.1) is 29.2 Å². The molecule has 0 unspecified atom stereocenters. The number of para-hydroxylation sites is 1. The summed E-state index contributed by atoms with van der Waals surface area (Å²) in [7, 11) is -2.92. The molecule has 0 bridgehead atoms. The molecule has 7 aromatic carbocycles. The predicted octanol–water partition coefficient (Wildman–Crippen LogP) is 8.12. The van der Waals surface area contributed by atoms with Crippen molar-refractivity contribution in [1.82, 2.24) is 4.57 Å². The summed E-state index contributed by atoms with van der Waals surface area (Å²) in [4.78, 5) is 3.70. The fourth-order valence-electron chi connectivity index (χ4n) is 7.44. The van der Waals surface area contributed by atoms with Gasteiger partial charge in [-0.05, 0) is 80.2 Å². The topological polar surface area (TPSA) is 56.9 Å². The third-order valence-electron chi connectivity index (χ3n) is 9.60. The summed E-state index contributed by atoms with van der Waals surface area (Å²) in [5, 5.41) is 26.4. The van der Waals surface area contributed by atoms with Gasteiger partial charge in [-0.25, -0.2) is 4.85 Å². The molecule has 0 N–H and O–H groups in total. The first-order valence-corrected chi connectivity index (χ1v) is 18.3. The normalized spacial score (nSPS) is 11.1. The fourth-order valence-corrected chi connectivity index (χ4v) is 12.3. The third-order valence-corrected chi connectivity index (χ3v) is 14.3. The molecule has 50 heavy (non-hydrogen) atoms. The standard InChI is InChI=1S/C45H28N4Si/c1-48-35-23-25-45-42(29-35)41-27-33(31-47)22-24-44(41)49(45)43-21-9-8-20-40(43)34-13-11-19-39(28-34)50(36-14-4-2-5-15-36,37-16-6-3-7-17-37)38-18-10-12-32(26-38)30-46/h2-29H. The van der Waals surface area contributed by atoms with Crippen LogP contribution in [-0.4, -0.2) is 12.6 Å². The van der Waals surface area contributed by atoms with Crippen LogP contribution >= 0.6 is 0 Å². The van der Waals surface area contributed by atoms with E-state index in [1.165, 1.54) is 15.6 Å². The predicted molar refractivity (Wildman–Crippen MR) is 206 cm³/mol. The van der Waals surface area contributed by atoms with Crippen LogP contribution in [0.2, 0.25) is 0 Å². The Labute approximate surface area is 291 Å². The molecule has 0 saturated carbocycles. The van der Waals surface area contributed by atoms with E-state index in [4.69, 9.17) is 6.57 Å². The van der Waals surface area contributed by atoms with Crippen LogP contribution in [0.3, 0.4) is 0 Å². The van der Waals surface area contributed by atoms with Gasteiger partial charge in [-0.3, -0.25) is 0 Å². The van der Waals surface area contributed by atoms with Gasteiger partial charge in [0.25, 0.3) is 0 Å². The molecule has 232 valence electrons. The molecule has 0 saturated heterocycles. The number of nitrogens with zero attached hydrogens (tertiary/aromatic N) is 4. The summed E-state index contributed by atoms with van der Waals surface area (Å²) < 4.78 is 2.25.